The predicted octanol–water partition coefficient (Wildman–Crippen LogP) is 2.40. The van der Waals surface area contributed by atoms with Crippen molar-refractivity contribution in [2.75, 3.05) is 6.54 Å². The number of ether oxygens (including phenoxy) is 1. The van der Waals surface area contributed by atoms with E-state index in [1.54, 1.807) is 13.0 Å². The zero-order valence-electron chi connectivity index (χ0n) is 13.0. The second kappa shape index (κ2) is 8.62. The normalized spacial score (nSPS) is 13.6. The van der Waals surface area contributed by atoms with E-state index < -0.39 is 6.10 Å². The Balaban J connectivity index is 2.69. The number of hydrogen-bond acceptors (Lipinski definition) is 3. The Morgan fingerprint density at radius 3 is 2.76 bits per heavy atom. The van der Waals surface area contributed by atoms with Gasteiger partial charge in [0.1, 0.15) is 11.6 Å². The molecule has 2 unspecified atom stereocenters. The average molecular weight is 296 g/mol. The van der Waals surface area contributed by atoms with E-state index in [4.69, 9.17) is 10.5 Å². The molecule has 4 nitrogen and oxygen atoms in total. The molecule has 1 rings (SSSR count). The standard InChI is InChI=1S/C16H25FN2O2/c1-4-5-11(2)19-16(20)12(3)21-15-7-6-14(17)10-13(15)8-9-18/h6-7,10-12H,4-5,8-9,18H2,1-3H3,(H,19,20). The molecule has 1 aromatic carbocycles. The summed E-state index contributed by atoms with van der Waals surface area (Å²) in [5.41, 5.74) is 6.19. The van der Waals surface area contributed by atoms with Crippen molar-refractivity contribution in [2.45, 2.75) is 52.2 Å². The third-order valence-electron chi connectivity index (χ3n) is 3.22. The topological polar surface area (TPSA) is 64.3 Å². The number of hydrogen-bond donors (Lipinski definition) is 2. The summed E-state index contributed by atoms with van der Waals surface area (Å²) >= 11 is 0. The van der Waals surface area contributed by atoms with Gasteiger partial charge in [-0.1, -0.05) is 13.3 Å². The van der Waals surface area contributed by atoms with Crippen LogP contribution in [0.25, 0.3) is 0 Å². The minimum atomic E-state index is -0.633. The number of rotatable bonds is 8. The van der Waals surface area contributed by atoms with Crippen LogP contribution in [0.4, 0.5) is 4.39 Å². The summed E-state index contributed by atoms with van der Waals surface area (Å²) in [6, 6.07) is 4.37. The molecule has 0 aliphatic rings. The molecule has 0 radical (unpaired) electrons. The molecule has 21 heavy (non-hydrogen) atoms. The van der Waals surface area contributed by atoms with Crippen molar-refractivity contribution in [3.63, 3.8) is 0 Å². The molecule has 0 saturated heterocycles. The molecule has 0 heterocycles. The molecule has 1 aromatic rings. The number of benzene rings is 1. The van der Waals surface area contributed by atoms with Crippen molar-refractivity contribution in [3.05, 3.63) is 29.6 Å². The van der Waals surface area contributed by atoms with E-state index in [1.165, 1.54) is 12.1 Å². The van der Waals surface area contributed by atoms with E-state index in [2.05, 4.69) is 12.2 Å². The highest BCUT2D eigenvalue weighted by Crippen LogP contribution is 2.21. The largest absolute Gasteiger partial charge is 0.481 e. The predicted molar refractivity (Wildman–Crippen MR) is 81.8 cm³/mol. The number of nitrogens with one attached hydrogen (secondary N) is 1. The van der Waals surface area contributed by atoms with Crippen LogP contribution in [0.5, 0.6) is 5.75 Å². The highest BCUT2D eigenvalue weighted by Gasteiger charge is 2.18. The van der Waals surface area contributed by atoms with Crippen molar-refractivity contribution in [2.24, 2.45) is 5.73 Å². The molecule has 1 amide bonds. The van der Waals surface area contributed by atoms with Crippen molar-refractivity contribution in [1.29, 1.82) is 0 Å². The fraction of sp³-hybridized carbons (Fsp3) is 0.562. The first-order chi connectivity index (χ1) is 9.97. The van der Waals surface area contributed by atoms with E-state index in [0.29, 0.717) is 24.3 Å². The third kappa shape index (κ3) is 5.71. The molecule has 0 saturated carbocycles. The minimum Gasteiger partial charge on any atom is -0.481 e. The van der Waals surface area contributed by atoms with E-state index >= 15 is 0 Å². The van der Waals surface area contributed by atoms with Gasteiger partial charge in [0.15, 0.2) is 6.10 Å². The van der Waals surface area contributed by atoms with Gasteiger partial charge in [0.25, 0.3) is 5.91 Å². The van der Waals surface area contributed by atoms with E-state index in [0.717, 1.165) is 12.8 Å². The van der Waals surface area contributed by atoms with Crippen LogP contribution in [0.1, 0.15) is 39.2 Å². The summed E-state index contributed by atoms with van der Waals surface area (Å²) in [7, 11) is 0. The van der Waals surface area contributed by atoms with Crippen molar-refractivity contribution in [3.8, 4) is 5.75 Å². The molecule has 0 spiro atoms. The molecule has 118 valence electrons. The number of amides is 1. The van der Waals surface area contributed by atoms with E-state index in [1.807, 2.05) is 6.92 Å². The maximum Gasteiger partial charge on any atom is 0.260 e. The van der Waals surface area contributed by atoms with Gasteiger partial charge >= 0.3 is 0 Å². The summed E-state index contributed by atoms with van der Waals surface area (Å²) < 4.78 is 18.9. The first-order valence-electron chi connectivity index (χ1n) is 7.43. The summed E-state index contributed by atoms with van der Waals surface area (Å²) in [5, 5.41) is 2.90. The van der Waals surface area contributed by atoms with Gasteiger partial charge < -0.3 is 15.8 Å². The Bertz CT molecular complexity index is 466. The maximum absolute atomic E-state index is 13.2. The number of carbonyl (C=O) groups excluding carboxylic acids is 1. The number of nitrogens with two attached hydrogens (primary N) is 1. The van der Waals surface area contributed by atoms with Crippen molar-refractivity contribution in [1.82, 2.24) is 5.32 Å². The van der Waals surface area contributed by atoms with Crippen LogP contribution in [0.3, 0.4) is 0 Å². The van der Waals surface area contributed by atoms with Gasteiger partial charge in [0, 0.05) is 6.04 Å². The van der Waals surface area contributed by atoms with Gasteiger partial charge in [-0.15, -0.1) is 0 Å². The summed E-state index contributed by atoms with van der Waals surface area (Å²) in [4.78, 5) is 12.0. The Morgan fingerprint density at radius 1 is 1.43 bits per heavy atom. The summed E-state index contributed by atoms with van der Waals surface area (Å²) in [6.07, 6.45) is 1.81. The monoisotopic (exact) mass is 296 g/mol. The first-order valence-corrected chi connectivity index (χ1v) is 7.43. The third-order valence-corrected chi connectivity index (χ3v) is 3.22. The molecule has 0 aromatic heterocycles. The lowest BCUT2D eigenvalue weighted by Crippen LogP contribution is -2.41. The van der Waals surface area contributed by atoms with Gasteiger partial charge in [0.2, 0.25) is 0 Å². The zero-order chi connectivity index (χ0) is 15.8. The van der Waals surface area contributed by atoms with Gasteiger partial charge in [-0.3, -0.25) is 4.79 Å². The number of carbonyl (C=O) groups is 1. The Kier molecular flexibility index (Phi) is 7.15. The molecular weight excluding hydrogens is 271 g/mol. The number of halogens is 1. The molecule has 0 fully saturated rings. The second-order valence-corrected chi connectivity index (χ2v) is 5.25. The van der Waals surface area contributed by atoms with Crippen LogP contribution in [-0.2, 0) is 11.2 Å². The SMILES string of the molecule is CCCC(C)NC(=O)C(C)Oc1ccc(F)cc1CCN. The van der Waals surface area contributed by atoms with Gasteiger partial charge in [0.05, 0.1) is 0 Å². The second-order valence-electron chi connectivity index (χ2n) is 5.25. The fourth-order valence-corrected chi connectivity index (χ4v) is 2.12. The smallest absolute Gasteiger partial charge is 0.260 e. The molecule has 0 bridgehead atoms. The quantitative estimate of drug-likeness (QED) is 0.774. The lowest BCUT2D eigenvalue weighted by atomic mass is 10.1. The summed E-state index contributed by atoms with van der Waals surface area (Å²) in [6.45, 7) is 6.11. The molecule has 3 N–H and O–H groups in total. The average Bonchev–Trinajstić information content (AvgIpc) is 2.42. The van der Waals surface area contributed by atoms with Crippen LogP contribution in [-0.4, -0.2) is 24.6 Å². The van der Waals surface area contributed by atoms with E-state index in [9.17, 15) is 9.18 Å². The summed E-state index contributed by atoms with van der Waals surface area (Å²) in [5.74, 6) is 0.00564. The molecule has 0 aliphatic heterocycles. The van der Waals surface area contributed by atoms with Gasteiger partial charge in [-0.2, -0.15) is 0 Å². The zero-order valence-corrected chi connectivity index (χ0v) is 13.0. The lowest BCUT2D eigenvalue weighted by molar-refractivity contribution is -0.127. The first kappa shape index (κ1) is 17.4. The van der Waals surface area contributed by atoms with Crippen LogP contribution in [0.2, 0.25) is 0 Å². The highest BCUT2D eigenvalue weighted by molar-refractivity contribution is 5.81. The lowest BCUT2D eigenvalue weighted by Gasteiger charge is -2.19. The van der Waals surface area contributed by atoms with Crippen molar-refractivity contribution < 1.29 is 13.9 Å². The Labute approximate surface area is 125 Å². The van der Waals surface area contributed by atoms with Crippen molar-refractivity contribution >= 4 is 5.91 Å². The molecule has 5 heteroatoms. The minimum absolute atomic E-state index is 0.116. The van der Waals surface area contributed by atoms with Crippen LogP contribution in [0, 0.1) is 5.82 Å². The van der Waals surface area contributed by atoms with E-state index in [-0.39, 0.29) is 17.8 Å². The molecule has 2 atom stereocenters. The fourth-order valence-electron chi connectivity index (χ4n) is 2.12. The van der Waals surface area contributed by atoms with Crippen LogP contribution < -0.4 is 15.8 Å². The Morgan fingerprint density at radius 2 is 2.14 bits per heavy atom. The Hall–Kier alpha value is -1.62. The van der Waals surface area contributed by atoms with Gasteiger partial charge in [-0.05, 0) is 57.0 Å². The van der Waals surface area contributed by atoms with Crippen LogP contribution >= 0.6 is 0 Å². The maximum atomic E-state index is 13.2. The molecular formula is C16H25FN2O2. The highest BCUT2D eigenvalue weighted by atomic mass is 19.1. The van der Waals surface area contributed by atoms with Crippen LogP contribution in [0.15, 0.2) is 18.2 Å². The van der Waals surface area contributed by atoms with Gasteiger partial charge in [-0.25, -0.2) is 4.39 Å². The molecule has 0 aliphatic carbocycles.